The summed E-state index contributed by atoms with van der Waals surface area (Å²) in [6.07, 6.45) is 4.77. The van der Waals surface area contributed by atoms with Crippen molar-refractivity contribution in [2.45, 2.75) is 40.0 Å². The summed E-state index contributed by atoms with van der Waals surface area (Å²) in [5.74, 6) is 0. The number of nitroso groups, excluding NO2 is 1. The molecule has 25 heavy (non-hydrogen) atoms. The average molecular weight is 334 g/mol. The first-order valence-corrected chi connectivity index (χ1v) is 8.71. The molecule has 0 spiro atoms. The fraction of sp³-hybridized carbons (Fsp3) is 0.300. The fourth-order valence-corrected chi connectivity index (χ4v) is 3.30. The van der Waals surface area contributed by atoms with Crippen LogP contribution in [0.15, 0.2) is 47.8 Å². The lowest BCUT2D eigenvalue weighted by molar-refractivity contribution is 0.802. The Morgan fingerprint density at radius 2 is 1.60 bits per heavy atom. The van der Waals surface area contributed by atoms with Crippen molar-refractivity contribution in [1.82, 2.24) is 15.0 Å². The number of hydrogen-bond acceptors (Lipinski definition) is 4. The second-order valence-electron chi connectivity index (χ2n) is 5.97. The van der Waals surface area contributed by atoms with Gasteiger partial charge in [0, 0.05) is 5.56 Å². The third-order valence-electron chi connectivity index (χ3n) is 4.60. The standard InChI is InChI=1S/C20H22N4O/c1-4-14-11-18(12-15(5-2)19(14)6-3)24-20(13-21-23-24)16-7-9-17(22-25)10-8-16/h7-13H,4-6H2,1-3H3. The Morgan fingerprint density at radius 1 is 0.960 bits per heavy atom. The molecule has 0 bridgehead atoms. The summed E-state index contributed by atoms with van der Waals surface area (Å²) in [7, 11) is 0. The van der Waals surface area contributed by atoms with Gasteiger partial charge in [-0.2, -0.15) is 0 Å². The van der Waals surface area contributed by atoms with E-state index in [0.717, 1.165) is 36.2 Å². The van der Waals surface area contributed by atoms with Gasteiger partial charge >= 0.3 is 0 Å². The first-order valence-electron chi connectivity index (χ1n) is 8.71. The van der Waals surface area contributed by atoms with Crippen LogP contribution < -0.4 is 0 Å². The van der Waals surface area contributed by atoms with E-state index >= 15 is 0 Å². The maximum atomic E-state index is 10.6. The molecule has 0 saturated carbocycles. The van der Waals surface area contributed by atoms with Gasteiger partial charge in [0.15, 0.2) is 0 Å². The van der Waals surface area contributed by atoms with Crippen LogP contribution in [0.1, 0.15) is 37.5 Å². The summed E-state index contributed by atoms with van der Waals surface area (Å²) >= 11 is 0. The van der Waals surface area contributed by atoms with Crippen molar-refractivity contribution >= 4 is 5.69 Å². The van der Waals surface area contributed by atoms with Gasteiger partial charge in [0.2, 0.25) is 0 Å². The minimum absolute atomic E-state index is 0.414. The summed E-state index contributed by atoms with van der Waals surface area (Å²) in [5.41, 5.74) is 7.45. The quantitative estimate of drug-likeness (QED) is 0.595. The maximum absolute atomic E-state index is 10.6. The molecule has 0 radical (unpaired) electrons. The molecule has 0 unspecified atom stereocenters. The molecule has 3 rings (SSSR count). The molecule has 0 saturated heterocycles. The Bertz CT molecular complexity index is 856. The Balaban J connectivity index is 2.11. The third kappa shape index (κ3) is 3.22. The van der Waals surface area contributed by atoms with E-state index in [1.165, 1.54) is 16.7 Å². The van der Waals surface area contributed by atoms with Gasteiger partial charge in [-0.3, -0.25) is 0 Å². The van der Waals surface area contributed by atoms with Crippen molar-refractivity contribution in [3.8, 4) is 16.9 Å². The van der Waals surface area contributed by atoms with Crippen molar-refractivity contribution in [1.29, 1.82) is 0 Å². The molecule has 128 valence electrons. The molecule has 3 aromatic rings. The van der Waals surface area contributed by atoms with Crippen molar-refractivity contribution in [2.75, 3.05) is 0 Å². The van der Waals surface area contributed by atoms with E-state index in [2.05, 4.69) is 48.4 Å². The maximum Gasteiger partial charge on any atom is 0.108 e. The van der Waals surface area contributed by atoms with E-state index in [-0.39, 0.29) is 0 Å². The number of aryl methyl sites for hydroxylation is 2. The minimum atomic E-state index is 0.414. The van der Waals surface area contributed by atoms with Gasteiger partial charge in [-0.05, 0) is 65.4 Å². The van der Waals surface area contributed by atoms with Crippen molar-refractivity contribution < 1.29 is 0 Å². The SMILES string of the molecule is CCc1cc(-n2nncc2-c2ccc(N=O)cc2)cc(CC)c1CC. The molecule has 0 aliphatic carbocycles. The Kier molecular flexibility index (Phi) is 5.03. The van der Waals surface area contributed by atoms with Crippen LogP contribution in [0.5, 0.6) is 0 Å². The van der Waals surface area contributed by atoms with Gasteiger partial charge in [-0.15, -0.1) is 10.0 Å². The lowest BCUT2D eigenvalue weighted by atomic mass is 9.94. The Morgan fingerprint density at radius 3 is 2.12 bits per heavy atom. The molecule has 1 heterocycles. The van der Waals surface area contributed by atoms with Crippen LogP contribution in [-0.2, 0) is 19.3 Å². The summed E-state index contributed by atoms with van der Waals surface area (Å²) in [4.78, 5) is 10.6. The van der Waals surface area contributed by atoms with Gasteiger partial charge in [-0.1, -0.05) is 38.1 Å². The van der Waals surface area contributed by atoms with Crippen LogP contribution in [-0.4, -0.2) is 15.0 Å². The van der Waals surface area contributed by atoms with Gasteiger partial charge in [-0.25, -0.2) is 4.68 Å². The molecular weight excluding hydrogens is 312 g/mol. The lowest BCUT2D eigenvalue weighted by Crippen LogP contribution is -2.05. The molecule has 2 aromatic carbocycles. The monoisotopic (exact) mass is 334 g/mol. The zero-order valence-electron chi connectivity index (χ0n) is 14.9. The highest BCUT2D eigenvalue weighted by molar-refractivity contribution is 5.63. The first-order chi connectivity index (χ1) is 12.2. The van der Waals surface area contributed by atoms with Crippen LogP contribution in [0, 0.1) is 4.91 Å². The molecule has 0 fully saturated rings. The Hall–Kier alpha value is -2.82. The van der Waals surface area contributed by atoms with Crippen LogP contribution in [0.25, 0.3) is 16.9 Å². The molecule has 0 N–H and O–H groups in total. The van der Waals surface area contributed by atoms with Crippen molar-refractivity contribution in [3.63, 3.8) is 0 Å². The summed E-state index contributed by atoms with van der Waals surface area (Å²) in [5, 5.41) is 11.3. The number of nitrogens with zero attached hydrogens (tertiary/aromatic N) is 4. The van der Waals surface area contributed by atoms with E-state index in [1.807, 2.05) is 16.8 Å². The number of hydrogen-bond donors (Lipinski definition) is 0. The highest BCUT2D eigenvalue weighted by Gasteiger charge is 2.13. The molecule has 5 heteroatoms. The zero-order chi connectivity index (χ0) is 17.8. The molecule has 0 atom stereocenters. The highest BCUT2D eigenvalue weighted by Crippen LogP contribution is 2.27. The third-order valence-corrected chi connectivity index (χ3v) is 4.60. The zero-order valence-corrected chi connectivity index (χ0v) is 14.9. The summed E-state index contributed by atoms with van der Waals surface area (Å²) in [6, 6.07) is 11.6. The number of benzene rings is 2. The average Bonchev–Trinajstić information content (AvgIpc) is 3.16. The molecule has 5 nitrogen and oxygen atoms in total. The summed E-state index contributed by atoms with van der Waals surface area (Å²) in [6.45, 7) is 6.58. The van der Waals surface area contributed by atoms with Crippen LogP contribution in [0.4, 0.5) is 5.69 Å². The predicted octanol–water partition coefficient (Wildman–Crippen LogP) is 5.02. The van der Waals surface area contributed by atoms with Crippen molar-refractivity contribution in [2.24, 2.45) is 5.18 Å². The minimum Gasteiger partial charge on any atom is -0.213 e. The predicted molar refractivity (Wildman–Crippen MR) is 100 cm³/mol. The Labute approximate surface area is 147 Å². The van der Waals surface area contributed by atoms with E-state index in [1.54, 1.807) is 18.3 Å². The molecular formula is C20H22N4O. The molecule has 0 aliphatic heterocycles. The fourth-order valence-electron chi connectivity index (χ4n) is 3.30. The largest absolute Gasteiger partial charge is 0.213 e. The first kappa shape index (κ1) is 17.0. The molecule has 0 amide bonds. The van der Waals surface area contributed by atoms with E-state index in [9.17, 15) is 4.91 Å². The second-order valence-corrected chi connectivity index (χ2v) is 5.97. The smallest absolute Gasteiger partial charge is 0.108 e. The van der Waals surface area contributed by atoms with Gasteiger partial charge in [0.05, 0.1) is 17.6 Å². The van der Waals surface area contributed by atoms with Crippen molar-refractivity contribution in [3.05, 3.63) is 64.2 Å². The number of aromatic nitrogens is 3. The highest BCUT2D eigenvalue weighted by atomic mass is 16.3. The van der Waals surface area contributed by atoms with Crippen LogP contribution in [0.2, 0.25) is 0 Å². The number of rotatable bonds is 6. The van der Waals surface area contributed by atoms with E-state index in [4.69, 9.17) is 0 Å². The van der Waals surface area contributed by atoms with E-state index in [0.29, 0.717) is 5.69 Å². The summed E-state index contributed by atoms with van der Waals surface area (Å²) < 4.78 is 1.86. The normalized spacial score (nSPS) is 10.8. The second kappa shape index (κ2) is 7.38. The molecule has 0 aliphatic rings. The van der Waals surface area contributed by atoms with Crippen LogP contribution in [0.3, 0.4) is 0 Å². The topological polar surface area (TPSA) is 60.1 Å². The van der Waals surface area contributed by atoms with Gasteiger partial charge in [0.25, 0.3) is 0 Å². The van der Waals surface area contributed by atoms with Crippen LogP contribution >= 0.6 is 0 Å². The van der Waals surface area contributed by atoms with Gasteiger partial charge < -0.3 is 0 Å². The van der Waals surface area contributed by atoms with E-state index < -0.39 is 0 Å². The van der Waals surface area contributed by atoms with Gasteiger partial charge in [0.1, 0.15) is 5.69 Å². The molecule has 1 aromatic heterocycles. The lowest BCUT2D eigenvalue weighted by Gasteiger charge is -2.15.